The molecule has 2 aliphatic rings. The fourth-order valence-corrected chi connectivity index (χ4v) is 4.02. The summed E-state index contributed by atoms with van der Waals surface area (Å²) in [5.41, 5.74) is 0. The van der Waals surface area contributed by atoms with Crippen molar-refractivity contribution in [3.8, 4) is 0 Å². The first-order chi connectivity index (χ1) is 7.01. The Labute approximate surface area is 96.3 Å². The van der Waals surface area contributed by atoms with E-state index in [4.69, 9.17) is 0 Å². The van der Waals surface area contributed by atoms with Gasteiger partial charge in [0.05, 0.1) is 0 Å². The Kier molecular flexibility index (Phi) is 3.19. The van der Waals surface area contributed by atoms with Gasteiger partial charge in [0.1, 0.15) is 6.71 Å². The summed E-state index contributed by atoms with van der Waals surface area (Å²) in [7, 11) is 0. The molecule has 1 saturated heterocycles. The van der Waals surface area contributed by atoms with Crippen molar-refractivity contribution >= 4 is 6.71 Å². The second-order valence-corrected chi connectivity index (χ2v) is 6.95. The van der Waals surface area contributed by atoms with E-state index in [1.54, 1.807) is 6.42 Å². The van der Waals surface area contributed by atoms with Crippen LogP contribution in [0.1, 0.15) is 59.8 Å². The summed E-state index contributed by atoms with van der Waals surface area (Å²) in [6.45, 7) is 10.9. The van der Waals surface area contributed by atoms with Crippen LogP contribution < -0.4 is 0 Å². The Morgan fingerprint density at radius 2 is 1.87 bits per heavy atom. The van der Waals surface area contributed by atoms with Gasteiger partial charge in [-0.05, 0) is 11.8 Å². The zero-order valence-corrected chi connectivity index (χ0v) is 11.1. The van der Waals surface area contributed by atoms with Gasteiger partial charge in [-0.15, -0.1) is 0 Å². The van der Waals surface area contributed by atoms with Crippen molar-refractivity contribution in [3.63, 3.8) is 0 Å². The molecular weight excluding hydrogens is 179 g/mol. The molecule has 2 atom stereocenters. The number of fused-ring (bicyclic) bond motifs is 2. The molecule has 1 aliphatic heterocycles. The van der Waals surface area contributed by atoms with Crippen molar-refractivity contribution in [1.82, 2.24) is 0 Å². The Morgan fingerprint density at radius 3 is 2.53 bits per heavy atom. The SMILES string of the molecule is CC(C)C(C)(C)B1CCC2CCCC1C2. The lowest BCUT2D eigenvalue weighted by Gasteiger charge is -2.47. The van der Waals surface area contributed by atoms with Crippen molar-refractivity contribution < 1.29 is 0 Å². The molecule has 0 spiro atoms. The number of hydrogen-bond donors (Lipinski definition) is 0. The van der Waals surface area contributed by atoms with E-state index in [-0.39, 0.29) is 0 Å². The van der Waals surface area contributed by atoms with Crippen LogP contribution in [0, 0.1) is 11.8 Å². The molecule has 2 bridgehead atoms. The predicted octanol–water partition coefficient (Wildman–Crippen LogP) is 4.88. The molecule has 0 N–H and O–H groups in total. The van der Waals surface area contributed by atoms with Gasteiger partial charge < -0.3 is 0 Å². The van der Waals surface area contributed by atoms with E-state index in [2.05, 4.69) is 27.7 Å². The van der Waals surface area contributed by atoms with Gasteiger partial charge in [-0.3, -0.25) is 0 Å². The first kappa shape index (κ1) is 11.5. The Hall–Kier alpha value is 0.0649. The molecule has 1 saturated carbocycles. The monoisotopic (exact) mass is 206 g/mol. The lowest BCUT2D eigenvalue weighted by Crippen LogP contribution is -2.41. The normalized spacial score (nSPS) is 32.2. The zero-order chi connectivity index (χ0) is 11.1. The summed E-state index contributed by atoms with van der Waals surface area (Å²) < 4.78 is 0. The largest absolute Gasteiger partial charge is 0.149 e. The van der Waals surface area contributed by atoms with E-state index in [0.717, 1.165) is 24.4 Å². The summed E-state index contributed by atoms with van der Waals surface area (Å²) in [5.74, 6) is 3.00. The standard InChI is InChI=1S/C14H27B/c1-11(2)14(3,4)15-9-8-12-6-5-7-13(15)10-12/h11-13H,5-10H2,1-4H3. The molecule has 0 aromatic heterocycles. The topological polar surface area (TPSA) is 0 Å². The Bertz CT molecular complexity index is 219. The maximum Gasteiger partial charge on any atom is 0.149 e. The maximum absolute atomic E-state index is 2.51. The van der Waals surface area contributed by atoms with Gasteiger partial charge in [0, 0.05) is 0 Å². The van der Waals surface area contributed by atoms with E-state index in [0.29, 0.717) is 5.31 Å². The molecule has 2 fully saturated rings. The molecule has 15 heavy (non-hydrogen) atoms. The van der Waals surface area contributed by atoms with Crippen LogP contribution in [0.25, 0.3) is 0 Å². The molecule has 86 valence electrons. The number of rotatable bonds is 2. The van der Waals surface area contributed by atoms with Crippen molar-refractivity contribution in [2.24, 2.45) is 11.8 Å². The van der Waals surface area contributed by atoms with Gasteiger partial charge in [0.2, 0.25) is 0 Å². The lowest BCUT2D eigenvalue weighted by atomic mass is 9.21. The lowest BCUT2D eigenvalue weighted by molar-refractivity contribution is 0.311. The molecule has 0 nitrogen and oxygen atoms in total. The third-order valence-electron chi connectivity index (χ3n) is 5.72. The third kappa shape index (κ3) is 2.12. The van der Waals surface area contributed by atoms with Gasteiger partial charge in [-0.1, -0.05) is 77.3 Å². The van der Waals surface area contributed by atoms with Gasteiger partial charge in [0.25, 0.3) is 0 Å². The molecule has 0 amide bonds. The summed E-state index contributed by atoms with van der Waals surface area (Å²) in [5, 5.41) is 0.562. The zero-order valence-electron chi connectivity index (χ0n) is 11.1. The first-order valence-corrected chi connectivity index (χ1v) is 7.01. The minimum Gasteiger partial charge on any atom is -0.0732 e. The van der Waals surface area contributed by atoms with E-state index < -0.39 is 0 Å². The second-order valence-electron chi connectivity index (χ2n) is 6.95. The van der Waals surface area contributed by atoms with Crippen molar-refractivity contribution in [2.45, 2.75) is 77.3 Å². The quantitative estimate of drug-likeness (QED) is 0.564. The van der Waals surface area contributed by atoms with Crippen molar-refractivity contribution in [3.05, 3.63) is 0 Å². The smallest absolute Gasteiger partial charge is 0.0732 e. The highest BCUT2D eigenvalue weighted by atomic mass is 14.3. The van der Waals surface area contributed by atoms with Crippen LogP contribution in [0.3, 0.4) is 0 Å². The summed E-state index contributed by atoms with van der Waals surface area (Å²) in [4.78, 5) is 0. The predicted molar refractivity (Wildman–Crippen MR) is 69.8 cm³/mol. The highest BCUT2D eigenvalue weighted by Gasteiger charge is 2.44. The van der Waals surface area contributed by atoms with Gasteiger partial charge in [-0.25, -0.2) is 0 Å². The number of hydrogen-bond acceptors (Lipinski definition) is 0. The minimum absolute atomic E-state index is 0.562. The average molecular weight is 206 g/mol. The van der Waals surface area contributed by atoms with E-state index >= 15 is 0 Å². The highest BCUT2D eigenvalue weighted by Crippen LogP contribution is 2.53. The van der Waals surface area contributed by atoms with Crippen LogP contribution in [-0.2, 0) is 0 Å². The van der Waals surface area contributed by atoms with E-state index in [1.165, 1.54) is 32.0 Å². The fourth-order valence-electron chi connectivity index (χ4n) is 4.02. The molecule has 0 radical (unpaired) electrons. The maximum atomic E-state index is 2.51. The summed E-state index contributed by atoms with van der Waals surface area (Å²) in [6.07, 6.45) is 9.17. The average Bonchev–Trinajstić information content (AvgIpc) is 2.17. The Balaban J connectivity index is 2.09. The molecular formula is C14H27B. The Morgan fingerprint density at radius 1 is 1.13 bits per heavy atom. The van der Waals surface area contributed by atoms with Crippen LogP contribution in [0.15, 0.2) is 0 Å². The van der Waals surface area contributed by atoms with E-state index in [9.17, 15) is 0 Å². The van der Waals surface area contributed by atoms with Crippen LogP contribution in [-0.4, -0.2) is 6.71 Å². The summed E-state index contributed by atoms with van der Waals surface area (Å²) >= 11 is 0. The molecule has 1 heteroatoms. The molecule has 0 aromatic carbocycles. The van der Waals surface area contributed by atoms with Crippen molar-refractivity contribution in [1.29, 1.82) is 0 Å². The van der Waals surface area contributed by atoms with Gasteiger partial charge in [0.15, 0.2) is 0 Å². The second kappa shape index (κ2) is 4.15. The van der Waals surface area contributed by atoms with Crippen LogP contribution >= 0.6 is 0 Å². The van der Waals surface area contributed by atoms with Crippen molar-refractivity contribution in [2.75, 3.05) is 0 Å². The molecule has 2 rings (SSSR count). The third-order valence-corrected chi connectivity index (χ3v) is 5.72. The van der Waals surface area contributed by atoms with Crippen LogP contribution in [0.5, 0.6) is 0 Å². The molecule has 1 aliphatic carbocycles. The minimum atomic E-state index is 0.562. The summed E-state index contributed by atoms with van der Waals surface area (Å²) in [6, 6.07) is 0. The molecule has 2 unspecified atom stereocenters. The van der Waals surface area contributed by atoms with Crippen LogP contribution in [0.2, 0.25) is 17.5 Å². The van der Waals surface area contributed by atoms with E-state index in [1.807, 2.05) is 0 Å². The molecule has 0 aromatic rings. The fraction of sp³-hybridized carbons (Fsp3) is 1.00. The molecule has 1 heterocycles. The first-order valence-electron chi connectivity index (χ1n) is 7.01. The van der Waals surface area contributed by atoms with Gasteiger partial charge in [-0.2, -0.15) is 0 Å². The highest BCUT2D eigenvalue weighted by molar-refractivity contribution is 6.64. The van der Waals surface area contributed by atoms with Crippen LogP contribution in [0.4, 0.5) is 0 Å². The van der Waals surface area contributed by atoms with Gasteiger partial charge >= 0.3 is 0 Å².